The SMILES string of the molecule is CC.COCC1CN(C)CCN1C(=O)C1(OC)CC1. The molecule has 1 aliphatic heterocycles. The molecule has 1 unspecified atom stereocenters. The lowest BCUT2D eigenvalue weighted by Crippen LogP contribution is -2.58. The zero-order valence-corrected chi connectivity index (χ0v) is 12.9. The van der Waals surface area contributed by atoms with Crippen LogP contribution >= 0.6 is 0 Å². The number of carbonyl (C=O) groups is 1. The Morgan fingerprint density at radius 1 is 1.26 bits per heavy atom. The number of rotatable bonds is 4. The number of piperazine rings is 1. The normalized spacial score (nSPS) is 25.5. The van der Waals surface area contributed by atoms with E-state index < -0.39 is 5.60 Å². The van der Waals surface area contributed by atoms with Gasteiger partial charge in [0.25, 0.3) is 5.91 Å². The summed E-state index contributed by atoms with van der Waals surface area (Å²) in [5.74, 6) is 0.148. The zero-order valence-electron chi connectivity index (χ0n) is 12.9. The maximum Gasteiger partial charge on any atom is 0.255 e. The second kappa shape index (κ2) is 7.22. The summed E-state index contributed by atoms with van der Waals surface area (Å²) in [4.78, 5) is 16.6. The van der Waals surface area contributed by atoms with Crippen LogP contribution in [0.3, 0.4) is 0 Å². The van der Waals surface area contributed by atoms with Gasteiger partial charge in [-0.15, -0.1) is 0 Å². The minimum Gasteiger partial charge on any atom is -0.382 e. The van der Waals surface area contributed by atoms with Crippen LogP contribution in [0.4, 0.5) is 0 Å². The van der Waals surface area contributed by atoms with Crippen molar-refractivity contribution in [1.29, 1.82) is 0 Å². The van der Waals surface area contributed by atoms with Gasteiger partial charge in [-0.1, -0.05) is 13.8 Å². The Bertz CT molecular complexity index is 292. The monoisotopic (exact) mass is 272 g/mol. The quantitative estimate of drug-likeness (QED) is 0.765. The van der Waals surface area contributed by atoms with E-state index in [9.17, 15) is 4.79 Å². The van der Waals surface area contributed by atoms with Gasteiger partial charge >= 0.3 is 0 Å². The molecule has 19 heavy (non-hydrogen) atoms. The summed E-state index contributed by atoms with van der Waals surface area (Å²) in [5, 5.41) is 0. The van der Waals surface area contributed by atoms with Gasteiger partial charge in [0, 0.05) is 33.9 Å². The largest absolute Gasteiger partial charge is 0.382 e. The van der Waals surface area contributed by atoms with Gasteiger partial charge < -0.3 is 19.3 Å². The summed E-state index contributed by atoms with van der Waals surface area (Å²) in [7, 11) is 5.39. The Kier molecular flexibility index (Phi) is 6.23. The molecule has 0 N–H and O–H groups in total. The van der Waals surface area contributed by atoms with Crippen LogP contribution < -0.4 is 0 Å². The van der Waals surface area contributed by atoms with Crippen molar-refractivity contribution >= 4 is 5.91 Å². The second-order valence-electron chi connectivity index (χ2n) is 5.07. The second-order valence-corrected chi connectivity index (χ2v) is 5.07. The van der Waals surface area contributed by atoms with E-state index in [1.807, 2.05) is 18.7 Å². The first-order valence-corrected chi connectivity index (χ1v) is 7.16. The summed E-state index contributed by atoms with van der Waals surface area (Å²) < 4.78 is 10.6. The number of ether oxygens (including phenoxy) is 2. The molecule has 112 valence electrons. The Balaban J connectivity index is 0.000000861. The van der Waals surface area contributed by atoms with Crippen LogP contribution in [0.1, 0.15) is 26.7 Å². The molecule has 1 saturated carbocycles. The average molecular weight is 272 g/mol. The molecule has 0 aromatic carbocycles. The van der Waals surface area contributed by atoms with Crippen molar-refractivity contribution in [2.45, 2.75) is 38.3 Å². The summed E-state index contributed by atoms with van der Waals surface area (Å²) in [6, 6.07) is 0.152. The highest BCUT2D eigenvalue weighted by Gasteiger charge is 2.53. The fourth-order valence-corrected chi connectivity index (χ4v) is 2.49. The summed E-state index contributed by atoms with van der Waals surface area (Å²) >= 11 is 0. The summed E-state index contributed by atoms with van der Waals surface area (Å²) in [6.07, 6.45) is 1.71. The first kappa shape index (κ1) is 16.4. The molecular weight excluding hydrogens is 244 g/mol. The number of amides is 1. The molecule has 1 aliphatic carbocycles. The topological polar surface area (TPSA) is 42.0 Å². The van der Waals surface area contributed by atoms with Crippen molar-refractivity contribution in [3.8, 4) is 0 Å². The van der Waals surface area contributed by atoms with E-state index in [1.165, 1.54) is 0 Å². The third kappa shape index (κ3) is 3.68. The molecule has 0 radical (unpaired) electrons. The number of carbonyl (C=O) groups excluding carboxylic acids is 1. The molecule has 1 saturated heterocycles. The van der Waals surface area contributed by atoms with E-state index in [-0.39, 0.29) is 11.9 Å². The molecule has 0 aromatic rings. The zero-order chi connectivity index (χ0) is 14.5. The third-order valence-corrected chi connectivity index (χ3v) is 3.79. The summed E-state index contributed by atoms with van der Waals surface area (Å²) in [6.45, 7) is 7.16. The highest BCUT2D eigenvalue weighted by molar-refractivity contribution is 5.88. The van der Waals surface area contributed by atoms with Crippen molar-refractivity contribution in [3.63, 3.8) is 0 Å². The lowest BCUT2D eigenvalue weighted by molar-refractivity contribution is -0.151. The first-order valence-electron chi connectivity index (χ1n) is 7.16. The fourth-order valence-electron chi connectivity index (χ4n) is 2.49. The van der Waals surface area contributed by atoms with Crippen molar-refractivity contribution < 1.29 is 14.3 Å². The molecule has 5 nitrogen and oxygen atoms in total. The van der Waals surface area contributed by atoms with E-state index in [1.54, 1.807) is 14.2 Å². The van der Waals surface area contributed by atoms with Crippen LogP contribution in [-0.4, -0.2) is 74.9 Å². The van der Waals surface area contributed by atoms with Crippen LogP contribution in [0, 0.1) is 0 Å². The van der Waals surface area contributed by atoms with Gasteiger partial charge in [-0.25, -0.2) is 0 Å². The predicted molar refractivity (Wildman–Crippen MR) is 75.2 cm³/mol. The Hall–Kier alpha value is -0.650. The molecule has 0 spiro atoms. The molecule has 1 amide bonds. The van der Waals surface area contributed by atoms with Gasteiger partial charge in [-0.05, 0) is 19.9 Å². The maximum atomic E-state index is 12.4. The van der Waals surface area contributed by atoms with Crippen LogP contribution in [0.5, 0.6) is 0 Å². The van der Waals surface area contributed by atoms with Gasteiger partial charge in [0.1, 0.15) is 5.60 Å². The van der Waals surface area contributed by atoms with E-state index in [2.05, 4.69) is 11.9 Å². The van der Waals surface area contributed by atoms with Gasteiger partial charge in [0.2, 0.25) is 0 Å². The minimum atomic E-state index is -0.512. The van der Waals surface area contributed by atoms with Crippen molar-refractivity contribution in [2.24, 2.45) is 0 Å². The maximum absolute atomic E-state index is 12.4. The lowest BCUT2D eigenvalue weighted by atomic mass is 10.1. The van der Waals surface area contributed by atoms with Crippen LogP contribution in [0.15, 0.2) is 0 Å². The Morgan fingerprint density at radius 2 is 1.89 bits per heavy atom. The van der Waals surface area contributed by atoms with Crippen molar-refractivity contribution in [3.05, 3.63) is 0 Å². The van der Waals surface area contributed by atoms with Gasteiger partial charge in [0.05, 0.1) is 12.6 Å². The molecule has 1 heterocycles. The summed E-state index contributed by atoms with van der Waals surface area (Å²) in [5.41, 5.74) is -0.512. The van der Waals surface area contributed by atoms with Crippen molar-refractivity contribution in [1.82, 2.24) is 9.80 Å². The Labute approximate surface area is 116 Å². The molecule has 5 heteroatoms. The number of hydrogen-bond donors (Lipinski definition) is 0. The van der Waals surface area contributed by atoms with Gasteiger partial charge in [-0.3, -0.25) is 4.79 Å². The minimum absolute atomic E-state index is 0.148. The molecule has 0 aromatic heterocycles. The first-order chi connectivity index (χ1) is 9.13. The number of hydrogen-bond acceptors (Lipinski definition) is 4. The molecule has 1 atom stereocenters. The number of nitrogens with zero attached hydrogens (tertiary/aromatic N) is 2. The van der Waals surface area contributed by atoms with Gasteiger partial charge in [0.15, 0.2) is 0 Å². The van der Waals surface area contributed by atoms with E-state index >= 15 is 0 Å². The molecule has 2 fully saturated rings. The van der Waals surface area contributed by atoms with Crippen LogP contribution in [-0.2, 0) is 14.3 Å². The van der Waals surface area contributed by atoms with Crippen LogP contribution in [0.2, 0.25) is 0 Å². The average Bonchev–Trinajstić information content (AvgIpc) is 3.22. The molecular formula is C14H28N2O3. The highest BCUT2D eigenvalue weighted by Crippen LogP contribution is 2.41. The van der Waals surface area contributed by atoms with E-state index in [4.69, 9.17) is 9.47 Å². The lowest BCUT2D eigenvalue weighted by Gasteiger charge is -2.41. The molecule has 2 rings (SSSR count). The number of methoxy groups -OCH3 is 2. The third-order valence-electron chi connectivity index (χ3n) is 3.79. The van der Waals surface area contributed by atoms with E-state index in [0.717, 1.165) is 32.5 Å². The smallest absolute Gasteiger partial charge is 0.255 e. The predicted octanol–water partition coefficient (Wildman–Crippen LogP) is 0.981. The number of likely N-dealkylation sites (N-methyl/N-ethyl adjacent to an activating group) is 1. The van der Waals surface area contributed by atoms with Crippen LogP contribution in [0.25, 0.3) is 0 Å². The van der Waals surface area contributed by atoms with Crippen molar-refractivity contribution in [2.75, 3.05) is 47.5 Å². The molecule has 2 aliphatic rings. The Morgan fingerprint density at radius 3 is 2.37 bits per heavy atom. The standard InChI is InChI=1S/C12H22N2O3.C2H6/c1-13-6-7-14(10(8-13)9-16-2)11(15)12(17-3)4-5-12;1-2/h10H,4-9H2,1-3H3;1-2H3. The fraction of sp³-hybridized carbons (Fsp3) is 0.929. The van der Waals surface area contributed by atoms with E-state index in [0.29, 0.717) is 6.61 Å². The van der Waals surface area contributed by atoms with Gasteiger partial charge in [-0.2, -0.15) is 0 Å². The highest BCUT2D eigenvalue weighted by atomic mass is 16.5. The molecule has 0 bridgehead atoms.